The molecule has 2 aromatic carbocycles. The molecule has 1 unspecified atom stereocenters. The third-order valence-electron chi connectivity index (χ3n) is 5.09. The van der Waals surface area contributed by atoms with E-state index in [4.69, 9.17) is 10.5 Å². The van der Waals surface area contributed by atoms with Gasteiger partial charge in [-0.1, -0.05) is 56.3 Å². The first kappa shape index (κ1) is 23.4. The van der Waals surface area contributed by atoms with Gasteiger partial charge >= 0.3 is 0 Å². The number of benzene rings is 2. The van der Waals surface area contributed by atoms with Crippen molar-refractivity contribution in [3.63, 3.8) is 0 Å². The Hall–Kier alpha value is -3.22. The molecule has 0 fully saturated rings. The zero-order chi connectivity index (χ0) is 22.8. The van der Waals surface area contributed by atoms with Crippen molar-refractivity contribution in [2.24, 2.45) is 5.92 Å². The molecule has 1 atom stereocenters. The van der Waals surface area contributed by atoms with E-state index in [1.165, 1.54) is 0 Å². The number of nitrogens with one attached hydrogen (secondary N) is 2. The van der Waals surface area contributed by atoms with Gasteiger partial charge < -0.3 is 15.8 Å². The molecule has 1 aromatic heterocycles. The lowest BCUT2D eigenvalue weighted by Crippen LogP contribution is -2.31. The van der Waals surface area contributed by atoms with Crippen LogP contribution in [0, 0.1) is 5.92 Å². The van der Waals surface area contributed by atoms with Crippen molar-refractivity contribution in [1.29, 1.82) is 0 Å². The van der Waals surface area contributed by atoms with Gasteiger partial charge in [-0.2, -0.15) is 0 Å². The van der Waals surface area contributed by atoms with E-state index in [0.29, 0.717) is 36.1 Å². The monoisotopic (exact) mass is 432 g/mol. The Morgan fingerprint density at radius 1 is 1.00 bits per heavy atom. The molecule has 0 radical (unpaired) electrons. The molecule has 0 saturated carbocycles. The molecule has 0 bridgehead atoms. The van der Waals surface area contributed by atoms with E-state index in [2.05, 4.69) is 41.6 Å². The quantitative estimate of drug-likeness (QED) is 0.372. The second kappa shape index (κ2) is 12.0. The van der Waals surface area contributed by atoms with Crippen molar-refractivity contribution in [3.8, 4) is 0 Å². The summed E-state index contributed by atoms with van der Waals surface area (Å²) < 4.78 is 6.15. The Balaban J connectivity index is 1.53. The van der Waals surface area contributed by atoms with E-state index in [1.54, 1.807) is 18.3 Å². The molecule has 0 aliphatic carbocycles. The van der Waals surface area contributed by atoms with Crippen LogP contribution >= 0.6 is 0 Å². The van der Waals surface area contributed by atoms with Gasteiger partial charge in [-0.05, 0) is 48.1 Å². The fourth-order valence-corrected chi connectivity index (χ4v) is 3.24. The van der Waals surface area contributed by atoms with Crippen molar-refractivity contribution in [2.45, 2.75) is 46.1 Å². The molecule has 0 aliphatic heterocycles. The highest BCUT2D eigenvalue weighted by Gasteiger charge is 2.11. The molecule has 1 heterocycles. The summed E-state index contributed by atoms with van der Waals surface area (Å²) in [5, 5.41) is 6.35. The number of carbonyl (C=O) groups is 1. The van der Waals surface area contributed by atoms with Crippen LogP contribution in [0.5, 0.6) is 0 Å². The van der Waals surface area contributed by atoms with Crippen LogP contribution in [0.4, 0.5) is 11.5 Å². The van der Waals surface area contributed by atoms with Crippen molar-refractivity contribution in [1.82, 2.24) is 10.3 Å². The first-order valence-electron chi connectivity index (χ1n) is 11.0. The molecular formula is C26H32N4O2. The predicted molar refractivity (Wildman–Crippen MR) is 129 cm³/mol. The second-order valence-corrected chi connectivity index (χ2v) is 8.26. The van der Waals surface area contributed by atoms with Crippen molar-refractivity contribution >= 4 is 17.4 Å². The summed E-state index contributed by atoms with van der Waals surface area (Å²) in [6, 6.07) is 21.1. The summed E-state index contributed by atoms with van der Waals surface area (Å²) in [6.07, 6.45) is 3.57. The van der Waals surface area contributed by atoms with E-state index >= 15 is 0 Å². The molecule has 6 nitrogen and oxygen atoms in total. The van der Waals surface area contributed by atoms with E-state index in [-0.39, 0.29) is 12.1 Å². The van der Waals surface area contributed by atoms with Crippen LogP contribution in [0.25, 0.3) is 0 Å². The summed E-state index contributed by atoms with van der Waals surface area (Å²) in [5.74, 6) is 0.801. The van der Waals surface area contributed by atoms with Crippen LogP contribution in [0.2, 0.25) is 0 Å². The maximum Gasteiger partial charge on any atom is 0.255 e. The Kier molecular flexibility index (Phi) is 8.78. The molecule has 1 amide bonds. The number of hydrogen-bond acceptors (Lipinski definition) is 5. The zero-order valence-electron chi connectivity index (χ0n) is 18.8. The molecule has 6 heteroatoms. The van der Waals surface area contributed by atoms with Gasteiger partial charge in [0, 0.05) is 30.1 Å². The first-order valence-corrected chi connectivity index (χ1v) is 11.0. The van der Waals surface area contributed by atoms with Crippen molar-refractivity contribution in [3.05, 3.63) is 89.6 Å². The summed E-state index contributed by atoms with van der Waals surface area (Å²) in [5.41, 5.74) is 9.12. The summed E-state index contributed by atoms with van der Waals surface area (Å²) in [4.78, 5) is 16.4. The lowest BCUT2D eigenvalue weighted by molar-refractivity contribution is 0.00769. The van der Waals surface area contributed by atoms with E-state index < -0.39 is 0 Å². The molecule has 0 aliphatic rings. The van der Waals surface area contributed by atoms with E-state index in [9.17, 15) is 4.79 Å². The standard InChI is InChI=1S/C26H32N4O2/c1-19(2)8-13-25(32-18-21-6-4-3-5-7-21)29-17-20-9-11-22(12-10-20)26(31)30-23-14-15-28-24(27)16-23/h3-7,9-12,14-16,19,25,29H,8,13,17-18H2,1-2H3,(H3,27,28,30,31). The predicted octanol–water partition coefficient (Wildman–Crippen LogP) is 4.98. The zero-order valence-corrected chi connectivity index (χ0v) is 18.8. The average molecular weight is 433 g/mol. The van der Waals surface area contributed by atoms with Gasteiger partial charge in [0.05, 0.1) is 6.61 Å². The van der Waals surface area contributed by atoms with Crippen molar-refractivity contribution < 1.29 is 9.53 Å². The highest BCUT2D eigenvalue weighted by molar-refractivity contribution is 6.04. The van der Waals surface area contributed by atoms with Crippen LogP contribution in [-0.4, -0.2) is 17.1 Å². The topological polar surface area (TPSA) is 89.3 Å². The highest BCUT2D eigenvalue weighted by Crippen LogP contribution is 2.14. The number of aromatic nitrogens is 1. The van der Waals surface area contributed by atoms with Gasteiger partial charge in [0.1, 0.15) is 12.0 Å². The van der Waals surface area contributed by atoms with Crippen LogP contribution in [-0.2, 0) is 17.9 Å². The Morgan fingerprint density at radius 3 is 2.44 bits per heavy atom. The number of nitrogens with zero attached hydrogens (tertiary/aromatic N) is 1. The van der Waals surface area contributed by atoms with Gasteiger partial charge in [-0.15, -0.1) is 0 Å². The van der Waals surface area contributed by atoms with E-state index in [1.807, 2.05) is 42.5 Å². The van der Waals surface area contributed by atoms with Crippen LogP contribution in [0.1, 0.15) is 48.2 Å². The van der Waals surface area contributed by atoms with E-state index in [0.717, 1.165) is 24.0 Å². The number of hydrogen-bond donors (Lipinski definition) is 3. The van der Waals surface area contributed by atoms with Gasteiger partial charge in [0.15, 0.2) is 0 Å². The number of ether oxygens (including phenoxy) is 1. The molecular weight excluding hydrogens is 400 g/mol. The Morgan fingerprint density at radius 2 is 1.75 bits per heavy atom. The lowest BCUT2D eigenvalue weighted by Gasteiger charge is -2.21. The third-order valence-corrected chi connectivity index (χ3v) is 5.09. The smallest absolute Gasteiger partial charge is 0.255 e. The summed E-state index contributed by atoms with van der Waals surface area (Å²) in [7, 11) is 0. The molecule has 3 rings (SSSR count). The molecule has 168 valence electrons. The van der Waals surface area contributed by atoms with Crippen LogP contribution in [0.3, 0.4) is 0 Å². The number of rotatable bonds is 11. The highest BCUT2D eigenvalue weighted by atomic mass is 16.5. The van der Waals surface area contributed by atoms with Gasteiger partial charge in [-0.25, -0.2) is 4.98 Å². The normalized spacial score (nSPS) is 12.0. The molecule has 0 spiro atoms. The van der Waals surface area contributed by atoms with Crippen LogP contribution in [0.15, 0.2) is 72.9 Å². The van der Waals surface area contributed by atoms with Gasteiger partial charge in [0.2, 0.25) is 0 Å². The minimum atomic E-state index is -0.184. The maximum atomic E-state index is 12.5. The minimum absolute atomic E-state index is 0.0299. The number of carbonyl (C=O) groups excluding carboxylic acids is 1. The Labute approximate surface area is 190 Å². The number of amides is 1. The fraction of sp³-hybridized carbons (Fsp3) is 0.308. The number of nitrogens with two attached hydrogens (primary N) is 1. The maximum absolute atomic E-state index is 12.5. The van der Waals surface area contributed by atoms with Crippen LogP contribution < -0.4 is 16.4 Å². The summed E-state index contributed by atoms with van der Waals surface area (Å²) >= 11 is 0. The minimum Gasteiger partial charge on any atom is -0.384 e. The first-order chi connectivity index (χ1) is 15.5. The fourth-order valence-electron chi connectivity index (χ4n) is 3.24. The van der Waals surface area contributed by atoms with Gasteiger partial charge in [0.25, 0.3) is 5.91 Å². The SMILES string of the molecule is CC(C)CCC(NCc1ccc(C(=O)Nc2ccnc(N)c2)cc1)OCc1ccccc1. The number of nitrogen functional groups attached to an aromatic ring is 1. The molecule has 3 aromatic rings. The molecule has 0 saturated heterocycles. The van der Waals surface area contributed by atoms with Crippen molar-refractivity contribution in [2.75, 3.05) is 11.1 Å². The third kappa shape index (κ3) is 7.80. The number of pyridine rings is 1. The second-order valence-electron chi connectivity index (χ2n) is 8.26. The Bertz CT molecular complexity index is 975. The average Bonchev–Trinajstić information content (AvgIpc) is 2.79. The number of anilines is 2. The largest absolute Gasteiger partial charge is 0.384 e. The van der Waals surface area contributed by atoms with Gasteiger partial charge in [-0.3, -0.25) is 10.1 Å². The summed E-state index contributed by atoms with van der Waals surface area (Å²) in [6.45, 7) is 5.69. The lowest BCUT2D eigenvalue weighted by atomic mass is 10.1. The molecule has 4 N–H and O–H groups in total. The molecule has 32 heavy (non-hydrogen) atoms.